The summed E-state index contributed by atoms with van der Waals surface area (Å²) in [6.07, 6.45) is 2.42. The van der Waals surface area contributed by atoms with Crippen LogP contribution in [0.25, 0.3) is 11.0 Å². The van der Waals surface area contributed by atoms with E-state index >= 15 is 0 Å². The van der Waals surface area contributed by atoms with Gasteiger partial charge in [-0.15, -0.1) is 0 Å². The quantitative estimate of drug-likeness (QED) is 0.921. The first-order valence-electron chi connectivity index (χ1n) is 5.87. The van der Waals surface area contributed by atoms with Crippen LogP contribution in [0.3, 0.4) is 0 Å². The Bertz CT molecular complexity index is 593. The molecule has 0 amide bonds. The first kappa shape index (κ1) is 12.1. The van der Waals surface area contributed by atoms with Crippen molar-refractivity contribution in [1.29, 1.82) is 0 Å². The number of aromatic nitrogens is 2. The van der Waals surface area contributed by atoms with Gasteiger partial charge < -0.3 is 10.3 Å². The Morgan fingerprint density at radius 2 is 2.39 bits per heavy atom. The first-order valence-corrected chi connectivity index (χ1v) is 7.30. The lowest BCUT2D eigenvalue weighted by Crippen LogP contribution is -2.12. The number of halogens is 2. The number of thioether (sulfide) groups is 1. The molecule has 0 aliphatic carbocycles. The highest BCUT2D eigenvalue weighted by Gasteiger charge is 2.19. The van der Waals surface area contributed by atoms with Gasteiger partial charge in [-0.1, -0.05) is 11.6 Å². The molecule has 1 aliphatic rings. The third kappa shape index (κ3) is 2.06. The van der Waals surface area contributed by atoms with Crippen LogP contribution in [0.5, 0.6) is 0 Å². The van der Waals surface area contributed by atoms with Gasteiger partial charge in [0.25, 0.3) is 0 Å². The minimum atomic E-state index is -0.426. The zero-order valence-electron chi connectivity index (χ0n) is 9.70. The molecule has 1 fully saturated rings. The van der Waals surface area contributed by atoms with Gasteiger partial charge in [0.15, 0.2) is 0 Å². The van der Waals surface area contributed by atoms with E-state index in [-0.39, 0.29) is 5.02 Å². The van der Waals surface area contributed by atoms with Crippen LogP contribution in [-0.4, -0.2) is 20.6 Å². The molecule has 6 heteroatoms. The number of fused-ring (bicyclic) bond motifs is 1. The van der Waals surface area contributed by atoms with Crippen LogP contribution in [0.2, 0.25) is 5.02 Å². The van der Waals surface area contributed by atoms with Gasteiger partial charge in [0, 0.05) is 17.9 Å². The second kappa shape index (κ2) is 4.63. The number of nitrogens with zero attached hydrogens (tertiary/aromatic N) is 2. The summed E-state index contributed by atoms with van der Waals surface area (Å²) in [6.45, 7) is 0.786. The molecule has 2 aromatic rings. The molecule has 1 aliphatic heterocycles. The topological polar surface area (TPSA) is 43.8 Å². The predicted octanol–water partition coefficient (Wildman–Crippen LogP) is 3.31. The average Bonchev–Trinajstić information content (AvgIpc) is 2.92. The summed E-state index contributed by atoms with van der Waals surface area (Å²) in [4.78, 5) is 4.24. The van der Waals surface area contributed by atoms with E-state index in [9.17, 15) is 4.39 Å². The fourth-order valence-electron chi connectivity index (χ4n) is 2.32. The van der Waals surface area contributed by atoms with Crippen LogP contribution < -0.4 is 5.73 Å². The summed E-state index contributed by atoms with van der Waals surface area (Å²) in [5, 5.41) is 0.630. The van der Waals surface area contributed by atoms with Gasteiger partial charge in [-0.25, -0.2) is 9.37 Å². The van der Waals surface area contributed by atoms with Crippen LogP contribution in [-0.2, 0) is 6.54 Å². The number of imidazole rings is 1. The van der Waals surface area contributed by atoms with E-state index in [1.54, 1.807) is 0 Å². The normalized spacial score (nSPS) is 19.8. The van der Waals surface area contributed by atoms with Gasteiger partial charge >= 0.3 is 0 Å². The van der Waals surface area contributed by atoms with Crippen LogP contribution >= 0.6 is 23.4 Å². The van der Waals surface area contributed by atoms with E-state index in [4.69, 9.17) is 17.3 Å². The monoisotopic (exact) mass is 285 g/mol. The SMILES string of the molecule is Nc1nc2cc(Cl)c(F)cc2n1CC1CCCS1. The van der Waals surface area contributed by atoms with Crippen LogP contribution in [0.4, 0.5) is 10.3 Å². The highest BCUT2D eigenvalue weighted by molar-refractivity contribution is 8.00. The molecule has 96 valence electrons. The molecule has 3 nitrogen and oxygen atoms in total. The molecule has 1 saturated heterocycles. The Morgan fingerprint density at radius 1 is 1.56 bits per heavy atom. The fourth-order valence-corrected chi connectivity index (χ4v) is 3.73. The van der Waals surface area contributed by atoms with E-state index in [0.717, 1.165) is 12.1 Å². The number of nitrogens with two attached hydrogens (primary N) is 1. The van der Waals surface area contributed by atoms with Crippen molar-refractivity contribution in [3.05, 3.63) is 23.0 Å². The summed E-state index contributed by atoms with van der Waals surface area (Å²) >= 11 is 7.69. The van der Waals surface area contributed by atoms with Crippen molar-refractivity contribution in [3.8, 4) is 0 Å². The number of hydrogen-bond donors (Lipinski definition) is 1. The summed E-state index contributed by atoms with van der Waals surface area (Å²) < 4.78 is 15.4. The Hall–Kier alpha value is -0.940. The molecule has 0 spiro atoms. The van der Waals surface area contributed by atoms with Crippen LogP contribution in [0.1, 0.15) is 12.8 Å². The van der Waals surface area contributed by atoms with Crippen LogP contribution in [0, 0.1) is 5.82 Å². The Kier molecular flexibility index (Phi) is 3.11. The van der Waals surface area contributed by atoms with Gasteiger partial charge in [-0.2, -0.15) is 11.8 Å². The number of anilines is 1. The number of benzene rings is 1. The highest BCUT2D eigenvalue weighted by atomic mass is 35.5. The van der Waals surface area contributed by atoms with Crippen molar-refractivity contribution in [2.24, 2.45) is 0 Å². The molecular weight excluding hydrogens is 273 g/mol. The van der Waals surface area contributed by atoms with Crippen molar-refractivity contribution in [2.45, 2.75) is 24.6 Å². The predicted molar refractivity (Wildman–Crippen MR) is 74.6 cm³/mol. The van der Waals surface area contributed by atoms with Gasteiger partial charge in [-0.05, 0) is 24.7 Å². The molecule has 1 aromatic carbocycles. The minimum Gasteiger partial charge on any atom is -0.369 e. The molecule has 1 aromatic heterocycles. The summed E-state index contributed by atoms with van der Waals surface area (Å²) in [5.74, 6) is 1.20. The Balaban J connectivity index is 2.04. The Labute approximate surface area is 114 Å². The van der Waals surface area contributed by atoms with Gasteiger partial charge in [0.2, 0.25) is 5.95 Å². The third-order valence-corrected chi connectivity index (χ3v) is 4.90. The lowest BCUT2D eigenvalue weighted by molar-refractivity contribution is 0.625. The van der Waals surface area contributed by atoms with Gasteiger partial charge in [0.1, 0.15) is 5.82 Å². The second-order valence-electron chi connectivity index (χ2n) is 4.47. The molecule has 2 N–H and O–H groups in total. The summed E-state index contributed by atoms with van der Waals surface area (Å²) in [7, 11) is 0. The minimum absolute atomic E-state index is 0.0855. The molecule has 1 unspecified atom stereocenters. The molecular formula is C12H13ClFN3S. The second-order valence-corrected chi connectivity index (χ2v) is 6.29. The van der Waals surface area contributed by atoms with E-state index in [1.807, 2.05) is 16.3 Å². The largest absolute Gasteiger partial charge is 0.369 e. The first-order chi connectivity index (χ1) is 8.65. The molecule has 18 heavy (non-hydrogen) atoms. The van der Waals surface area contributed by atoms with E-state index < -0.39 is 5.82 Å². The van der Waals surface area contributed by atoms with Crippen molar-refractivity contribution in [3.63, 3.8) is 0 Å². The molecule has 0 bridgehead atoms. The van der Waals surface area contributed by atoms with Gasteiger partial charge in [0.05, 0.1) is 16.1 Å². The zero-order valence-corrected chi connectivity index (χ0v) is 11.3. The number of nitrogen functional groups attached to an aromatic ring is 1. The maximum Gasteiger partial charge on any atom is 0.201 e. The maximum atomic E-state index is 13.5. The molecule has 2 heterocycles. The van der Waals surface area contributed by atoms with Crippen LogP contribution in [0.15, 0.2) is 12.1 Å². The van der Waals surface area contributed by atoms with E-state index in [2.05, 4.69) is 4.98 Å². The van der Waals surface area contributed by atoms with Crippen molar-refractivity contribution >= 4 is 40.3 Å². The molecule has 1 atom stereocenters. The smallest absolute Gasteiger partial charge is 0.201 e. The van der Waals surface area contributed by atoms with E-state index in [0.29, 0.717) is 16.7 Å². The lowest BCUT2D eigenvalue weighted by atomic mass is 10.2. The van der Waals surface area contributed by atoms with Gasteiger partial charge in [-0.3, -0.25) is 0 Å². The average molecular weight is 286 g/mol. The maximum absolute atomic E-state index is 13.5. The standard InChI is InChI=1S/C12H13ClFN3S/c13-8-4-10-11(5-9(8)14)17(12(15)16-10)6-7-2-1-3-18-7/h4-5,7H,1-3,6H2,(H2,15,16). The number of hydrogen-bond acceptors (Lipinski definition) is 3. The van der Waals surface area contributed by atoms with Crippen molar-refractivity contribution < 1.29 is 4.39 Å². The lowest BCUT2D eigenvalue weighted by Gasteiger charge is -2.11. The highest BCUT2D eigenvalue weighted by Crippen LogP contribution is 2.31. The summed E-state index contributed by atoms with van der Waals surface area (Å²) in [6, 6.07) is 2.95. The molecule has 3 rings (SSSR count). The third-order valence-electron chi connectivity index (χ3n) is 3.23. The number of rotatable bonds is 2. The van der Waals surface area contributed by atoms with Crippen molar-refractivity contribution in [2.75, 3.05) is 11.5 Å². The van der Waals surface area contributed by atoms with Crippen molar-refractivity contribution in [1.82, 2.24) is 9.55 Å². The molecule has 0 saturated carbocycles. The zero-order chi connectivity index (χ0) is 12.7. The Morgan fingerprint density at radius 3 is 3.11 bits per heavy atom. The fraction of sp³-hybridized carbons (Fsp3) is 0.417. The summed E-state index contributed by atoms with van der Waals surface area (Å²) in [5.41, 5.74) is 7.29. The molecule has 0 radical (unpaired) electrons. The van der Waals surface area contributed by atoms with E-state index in [1.165, 1.54) is 30.7 Å².